The molecule has 0 radical (unpaired) electrons. The van der Waals surface area contributed by atoms with Crippen LogP contribution in [0.4, 0.5) is 14.6 Å². The van der Waals surface area contributed by atoms with Crippen LogP contribution in [0.3, 0.4) is 0 Å². The second-order valence-corrected chi connectivity index (χ2v) is 8.27. The fraction of sp³-hybridized carbons (Fsp3) is 0.476. The van der Waals surface area contributed by atoms with Gasteiger partial charge in [-0.15, -0.1) is 0 Å². The summed E-state index contributed by atoms with van der Waals surface area (Å²) < 4.78 is 31.9. The molecule has 5 heterocycles. The van der Waals surface area contributed by atoms with Crippen molar-refractivity contribution in [3.05, 3.63) is 42.2 Å². The van der Waals surface area contributed by atoms with Crippen LogP contribution in [-0.2, 0) is 12.0 Å². The Morgan fingerprint density at radius 1 is 1.26 bits per heavy atom. The lowest BCUT2D eigenvalue weighted by molar-refractivity contribution is -0.0494. The SMILES string of the molecule is CC[C@@H](c1ncc[nH]1)N1CC[C@@]2(CCn3nc(-c4cnc(N)c(OC(F)F)c4)cc32)C1. The Kier molecular flexibility index (Phi) is 4.88. The van der Waals surface area contributed by atoms with Crippen molar-refractivity contribution in [1.82, 2.24) is 29.6 Å². The number of imidazole rings is 1. The van der Waals surface area contributed by atoms with Gasteiger partial charge < -0.3 is 15.5 Å². The number of pyridine rings is 1. The average molecular weight is 429 g/mol. The number of fused-ring (bicyclic) bond motifs is 2. The normalized spacial score (nSPS) is 21.8. The van der Waals surface area contributed by atoms with Crippen molar-refractivity contribution in [3.63, 3.8) is 0 Å². The molecule has 5 rings (SSSR count). The largest absolute Gasteiger partial charge is 0.431 e. The molecule has 0 amide bonds. The number of nitrogen functional groups attached to an aromatic ring is 1. The van der Waals surface area contributed by atoms with Crippen LogP contribution >= 0.6 is 0 Å². The van der Waals surface area contributed by atoms with E-state index in [1.807, 2.05) is 10.9 Å². The summed E-state index contributed by atoms with van der Waals surface area (Å²) in [7, 11) is 0. The van der Waals surface area contributed by atoms with Crippen LogP contribution in [0.1, 0.15) is 43.7 Å². The second-order valence-electron chi connectivity index (χ2n) is 8.27. The topological polar surface area (TPSA) is 97.9 Å². The van der Waals surface area contributed by atoms with E-state index in [-0.39, 0.29) is 23.0 Å². The summed E-state index contributed by atoms with van der Waals surface area (Å²) in [6.07, 6.45) is 8.29. The number of ether oxygens (including phenoxy) is 1. The first-order valence-electron chi connectivity index (χ1n) is 10.5. The Bertz CT molecular complexity index is 1070. The molecular formula is C21H25F2N7O. The van der Waals surface area contributed by atoms with E-state index < -0.39 is 6.61 Å². The predicted octanol–water partition coefficient (Wildman–Crippen LogP) is 3.35. The van der Waals surface area contributed by atoms with Crippen molar-refractivity contribution in [2.24, 2.45) is 0 Å². The van der Waals surface area contributed by atoms with Gasteiger partial charge in [-0.1, -0.05) is 6.92 Å². The molecule has 1 fully saturated rings. The summed E-state index contributed by atoms with van der Waals surface area (Å²) in [4.78, 5) is 14.2. The van der Waals surface area contributed by atoms with Gasteiger partial charge in [0, 0.05) is 48.4 Å². The number of rotatable bonds is 6. The van der Waals surface area contributed by atoms with E-state index in [9.17, 15) is 8.78 Å². The maximum atomic E-state index is 12.7. The van der Waals surface area contributed by atoms with E-state index in [1.54, 1.807) is 12.4 Å². The number of anilines is 1. The molecule has 8 nitrogen and oxygen atoms in total. The highest BCUT2D eigenvalue weighted by molar-refractivity contribution is 5.64. The Morgan fingerprint density at radius 3 is 2.84 bits per heavy atom. The molecule has 3 aromatic heterocycles. The van der Waals surface area contributed by atoms with Gasteiger partial charge in [0.25, 0.3) is 0 Å². The number of halogens is 2. The summed E-state index contributed by atoms with van der Waals surface area (Å²) in [5, 5.41) is 4.73. The van der Waals surface area contributed by atoms with Crippen LogP contribution in [0.2, 0.25) is 0 Å². The molecule has 0 bridgehead atoms. The Labute approximate surface area is 178 Å². The third-order valence-corrected chi connectivity index (χ3v) is 6.56. The number of nitrogens with two attached hydrogens (primary N) is 1. The summed E-state index contributed by atoms with van der Waals surface area (Å²) in [6.45, 7) is 2.00. The van der Waals surface area contributed by atoms with Gasteiger partial charge in [0.1, 0.15) is 5.82 Å². The number of aromatic nitrogens is 5. The molecule has 0 aromatic carbocycles. The number of aromatic amines is 1. The van der Waals surface area contributed by atoms with Gasteiger partial charge in [-0.05, 0) is 37.9 Å². The lowest BCUT2D eigenvalue weighted by Gasteiger charge is -2.28. The number of H-pyrrole nitrogens is 1. The molecular weight excluding hydrogens is 404 g/mol. The molecule has 2 aliphatic rings. The minimum Gasteiger partial charge on any atom is -0.431 e. The monoisotopic (exact) mass is 429 g/mol. The van der Waals surface area contributed by atoms with E-state index in [2.05, 4.69) is 37.6 Å². The minimum absolute atomic E-state index is 0.0365. The first-order chi connectivity index (χ1) is 15.0. The van der Waals surface area contributed by atoms with Gasteiger partial charge in [-0.2, -0.15) is 13.9 Å². The zero-order valence-electron chi connectivity index (χ0n) is 17.3. The molecule has 2 atom stereocenters. The van der Waals surface area contributed by atoms with Crippen LogP contribution in [-0.4, -0.2) is 49.3 Å². The fourth-order valence-corrected chi connectivity index (χ4v) is 5.06. The minimum atomic E-state index is -2.96. The quantitative estimate of drug-likeness (QED) is 0.624. The summed E-state index contributed by atoms with van der Waals surface area (Å²) in [5.41, 5.74) is 8.20. The smallest absolute Gasteiger partial charge is 0.387 e. The van der Waals surface area contributed by atoms with E-state index >= 15 is 0 Å². The second kappa shape index (κ2) is 7.60. The van der Waals surface area contributed by atoms with Crippen molar-refractivity contribution in [3.8, 4) is 17.0 Å². The molecule has 3 N–H and O–H groups in total. The third-order valence-electron chi connectivity index (χ3n) is 6.56. The van der Waals surface area contributed by atoms with E-state index in [0.717, 1.165) is 44.7 Å². The number of nitrogens with zero attached hydrogens (tertiary/aromatic N) is 5. The Morgan fingerprint density at radius 2 is 2.10 bits per heavy atom. The number of hydrogen-bond acceptors (Lipinski definition) is 6. The molecule has 2 aliphatic heterocycles. The molecule has 0 saturated carbocycles. The highest BCUT2D eigenvalue weighted by Crippen LogP contribution is 2.46. The van der Waals surface area contributed by atoms with Crippen molar-refractivity contribution >= 4 is 5.82 Å². The van der Waals surface area contributed by atoms with Gasteiger partial charge in [-0.25, -0.2) is 9.97 Å². The lowest BCUT2D eigenvalue weighted by atomic mass is 9.82. The summed E-state index contributed by atoms with van der Waals surface area (Å²) >= 11 is 0. The number of nitrogens with one attached hydrogen (secondary N) is 1. The predicted molar refractivity (Wildman–Crippen MR) is 111 cm³/mol. The lowest BCUT2D eigenvalue weighted by Crippen LogP contribution is -2.32. The highest BCUT2D eigenvalue weighted by Gasteiger charge is 2.47. The number of hydrogen-bond donors (Lipinski definition) is 2. The summed E-state index contributed by atoms with van der Waals surface area (Å²) in [5.74, 6) is 0.806. The maximum absolute atomic E-state index is 12.7. The molecule has 164 valence electrons. The first-order valence-corrected chi connectivity index (χ1v) is 10.5. The van der Waals surface area contributed by atoms with Crippen LogP contribution in [0.15, 0.2) is 30.7 Å². The van der Waals surface area contributed by atoms with Gasteiger partial charge in [-0.3, -0.25) is 9.58 Å². The van der Waals surface area contributed by atoms with Crippen molar-refractivity contribution in [2.75, 3.05) is 18.8 Å². The molecule has 0 unspecified atom stereocenters. The van der Waals surface area contributed by atoms with E-state index in [1.165, 1.54) is 11.8 Å². The van der Waals surface area contributed by atoms with E-state index in [0.29, 0.717) is 11.3 Å². The number of aryl methyl sites for hydroxylation is 1. The zero-order valence-corrected chi connectivity index (χ0v) is 17.3. The van der Waals surface area contributed by atoms with Gasteiger partial charge in [0.2, 0.25) is 0 Å². The number of likely N-dealkylation sites (tertiary alicyclic amines) is 1. The highest BCUT2D eigenvalue weighted by atomic mass is 19.3. The van der Waals surface area contributed by atoms with Gasteiger partial charge >= 0.3 is 6.61 Å². The first kappa shape index (κ1) is 19.9. The molecule has 0 aliphatic carbocycles. The number of alkyl halides is 2. The van der Waals surface area contributed by atoms with Crippen LogP contribution in [0, 0.1) is 0 Å². The van der Waals surface area contributed by atoms with Crippen LogP contribution in [0.5, 0.6) is 5.75 Å². The molecule has 10 heteroatoms. The van der Waals surface area contributed by atoms with Crippen LogP contribution < -0.4 is 10.5 Å². The molecule has 3 aromatic rings. The van der Waals surface area contributed by atoms with Crippen LogP contribution in [0.25, 0.3) is 11.3 Å². The molecule has 31 heavy (non-hydrogen) atoms. The Hall–Kier alpha value is -3.01. The van der Waals surface area contributed by atoms with Gasteiger partial charge in [0.05, 0.1) is 11.7 Å². The van der Waals surface area contributed by atoms with Gasteiger partial charge in [0.15, 0.2) is 11.6 Å². The fourth-order valence-electron chi connectivity index (χ4n) is 5.06. The molecule has 1 saturated heterocycles. The van der Waals surface area contributed by atoms with Crippen molar-refractivity contribution < 1.29 is 13.5 Å². The molecule has 1 spiro atoms. The van der Waals surface area contributed by atoms with Crippen molar-refractivity contribution in [2.45, 2.75) is 50.8 Å². The maximum Gasteiger partial charge on any atom is 0.387 e. The standard InChI is InChI=1S/C21H25F2N7O/c1-2-15(19-25-5-6-26-19)29-7-3-21(12-29)4-8-30-17(21)10-14(28-30)13-9-16(31-20(22)23)18(24)27-11-13/h5-6,9-11,15,20H,2-4,7-8,12H2,1H3,(H2,24,27)(H,25,26)/t15-,21+/m0/s1. The average Bonchev–Trinajstić information content (AvgIpc) is 3.52. The van der Waals surface area contributed by atoms with Crippen molar-refractivity contribution in [1.29, 1.82) is 0 Å². The Balaban J connectivity index is 1.41. The third kappa shape index (κ3) is 3.44. The van der Waals surface area contributed by atoms with E-state index in [4.69, 9.17) is 10.8 Å². The summed E-state index contributed by atoms with van der Waals surface area (Å²) in [6, 6.07) is 3.80. The zero-order chi connectivity index (χ0) is 21.6.